The molecule has 5 heteroatoms. The summed E-state index contributed by atoms with van der Waals surface area (Å²) in [6, 6.07) is 7.54. The van der Waals surface area contributed by atoms with Crippen molar-refractivity contribution in [2.24, 2.45) is 0 Å². The van der Waals surface area contributed by atoms with Crippen LogP contribution in [-0.4, -0.2) is 17.7 Å². The fourth-order valence-electron chi connectivity index (χ4n) is 2.40. The van der Waals surface area contributed by atoms with Crippen molar-refractivity contribution >= 4 is 5.69 Å². The first-order valence-electron chi connectivity index (χ1n) is 5.65. The van der Waals surface area contributed by atoms with Gasteiger partial charge in [0.2, 0.25) is 0 Å². The van der Waals surface area contributed by atoms with E-state index in [4.69, 9.17) is 4.84 Å². The SMILES string of the molecule is CCON1c2ccccc2C(C)(C)C1[N+](=O)[O-]. The molecule has 1 aliphatic rings. The topological polar surface area (TPSA) is 55.6 Å². The summed E-state index contributed by atoms with van der Waals surface area (Å²) < 4.78 is 0. The molecule has 0 saturated carbocycles. The van der Waals surface area contributed by atoms with Crippen molar-refractivity contribution in [1.82, 2.24) is 0 Å². The molecule has 0 spiro atoms. The Morgan fingerprint density at radius 3 is 2.71 bits per heavy atom. The van der Waals surface area contributed by atoms with E-state index in [9.17, 15) is 10.1 Å². The van der Waals surface area contributed by atoms with Crippen molar-refractivity contribution in [2.75, 3.05) is 11.7 Å². The lowest BCUT2D eigenvalue weighted by atomic mass is 9.84. The second-order valence-electron chi connectivity index (χ2n) is 4.64. The molecule has 0 radical (unpaired) electrons. The number of nitrogens with zero attached hydrogens (tertiary/aromatic N) is 2. The molecule has 5 nitrogen and oxygen atoms in total. The van der Waals surface area contributed by atoms with Gasteiger partial charge in [-0.15, -0.1) is 0 Å². The minimum atomic E-state index is -0.875. The summed E-state index contributed by atoms with van der Waals surface area (Å²) >= 11 is 0. The van der Waals surface area contributed by atoms with Crippen molar-refractivity contribution in [2.45, 2.75) is 32.4 Å². The van der Waals surface area contributed by atoms with Crippen LogP contribution in [-0.2, 0) is 10.3 Å². The van der Waals surface area contributed by atoms with Gasteiger partial charge < -0.3 is 0 Å². The third kappa shape index (κ3) is 1.67. The zero-order valence-corrected chi connectivity index (χ0v) is 10.2. The molecule has 0 amide bonds. The summed E-state index contributed by atoms with van der Waals surface area (Å²) in [5, 5.41) is 12.7. The Labute approximate surface area is 100 Å². The molecule has 0 bridgehead atoms. The van der Waals surface area contributed by atoms with Crippen molar-refractivity contribution in [3.63, 3.8) is 0 Å². The molecule has 0 N–H and O–H groups in total. The number of para-hydroxylation sites is 1. The first kappa shape index (κ1) is 11.9. The molecule has 1 atom stereocenters. The average Bonchev–Trinajstić information content (AvgIpc) is 2.49. The number of anilines is 1. The van der Waals surface area contributed by atoms with Crippen molar-refractivity contribution in [3.05, 3.63) is 39.9 Å². The van der Waals surface area contributed by atoms with E-state index >= 15 is 0 Å². The van der Waals surface area contributed by atoms with Gasteiger partial charge in [0.1, 0.15) is 0 Å². The van der Waals surface area contributed by atoms with Crippen molar-refractivity contribution in [3.8, 4) is 0 Å². The molecule has 1 aliphatic heterocycles. The molecule has 1 aromatic carbocycles. The Bertz CT molecular complexity index is 445. The second kappa shape index (κ2) is 4.00. The van der Waals surface area contributed by atoms with Crippen molar-refractivity contribution < 1.29 is 9.76 Å². The van der Waals surface area contributed by atoms with Crippen LogP contribution in [0.1, 0.15) is 26.3 Å². The van der Waals surface area contributed by atoms with Gasteiger partial charge in [-0.3, -0.25) is 15.0 Å². The maximum Gasteiger partial charge on any atom is 0.317 e. The third-order valence-corrected chi connectivity index (χ3v) is 3.17. The molecule has 2 rings (SSSR count). The van der Waals surface area contributed by atoms with E-state index in [1.807, 2.05) is 45.0 Å². The van der Waals surface area contributed by atoms with Crippen LogP contribution in [0.3, 0.4) is 0 Å². The van der Waals surface area contributed by atoms with Crippen molar-refractivity contribution in [1.29, 1.82) is 0 Å². The summed E-state index contributed by atoms with van der Waals surface area (Å²) in [7, 11) is 0. The normalized spacial score (nSPS) is 21.4. The molecular weight excluding hydrogens is 220 g/mol. The monoisotopic (exact) mass is 236 g/mol. The Hall–Kier alpha value is -1.62. The Morgan fingerprint density at radius 2 is 2.12 bits per heavy atom. The van der Waals surface area contributed by atoms with Crippen LogP contribution in [0, 0.1) is 10.1 Å². The van der Waals surface area contributed by atoms with E-state index in [1.54, 1.807) is 0 Å². The fraction of sp³-hybridized carbons (Fsp3) is 0.500. The summed E-state index contributed by atoms with van der Waals surface area (Å²) in [5.41, 5.74) is 1.19. The van der Waals surface area contributed by atoms with Crippen LogP contribution in [0.2, 0.25) is 0 Å². The number of hydrogen-bond donors (Lipinski definition) is 0. The zero-order chi connectivity index (χ0) is 12.6. The van der Waals surface area contributed by atoms with Crippen LogP contribution in [0.5, 0.6) is 0 Å². The molecule has 1 aromatic rings. The summed E-state index contributed by atoms with van der Waals surface area (Å²) in [6.45, 7) is 5.98. The average molecular weight is 236 g/mol. The number of rotatable bonds is 3. The number of hydroxylamine groups is 1. The zero-order valence-electron chi connectivity index (χ0n) is 10.2. The largest absolute Gasteiger partial charge is 0.317 e. The molecular formula is C12H16N2O3. The molecule has 0 aliphatic carbocycles. The van der Waals surface area contributed by atoms with Gasteiger partial charge >= 0.3 is 6.17 Å². The van der Waals surface area contributed by atoms with E-state index < -0.39 is 11.6 Å². The molecule has 17 heavy (non-hydrogen) atoms. The number of benzene rings is 1. The minimum absolute atomic E-state index is 0.282. The number of nitro groups is 1. The highest BCUT2D eigenvalue weighted by Gasteiger charge is 2.53. The standard InChI is InChI=1S/C12H16N2O3/c1-4-17-13-10-8-6-5-7-9(10)12(2,3)11(13)14(15)16/h5-8,11H,4H2,1-3H3. The maximum atomic E-state index is 11.3. The third-order valence-electron chi connectivity index (χ3n) is 3.17. The van der Waals surface area contributed by atoms with Crippen LogP contribution in [0.25, 0.3) is 0 Å². The lowest BCUT2D eigenvalue weighted by Crippen LogP contribution is -2.47. The quantitative estimate of drug-likeness (QED) is 0.597. The van der Waals surface area contributed by atoms with Crippen LogP contribution in [0.15, 0.2) is 24.3 Å². The Morgan fingerprint density at radius 1 is 1.47 bits per heavy atom. The minimum Gasteiger partial charge on any atom is -0.268 e. The van der Waals surface area contributed by atoms with Gasteiger partial charge in [0.25, 0.3) is 0 Å². The van der Waals surface area contributed by atoms with Gasteiger partial charge in [-0.05, 0) is 32.4 Å². The lowest BCUT2D eigenvalue weighted by Gasteiger charge is -2.25. The molecule has 0 aromatic heterocycles. The van der Waals surface area contributed by atoms with Crippen LogP contribution >= 0.6 is 0 Å². The Kier molecular flexibility index (Phi) is 2.79. The molecule has 1 unspecified atom stereocenters. The van der Waals surface area contributed by atoms with Gasteiger partial charge in [-0.25, -0.2) is 0 Å². The molecule has 1 heterocycles. The highest BCUT2D eigenvalue weighted by molar-refractivity contribution is 5.61. The fourth-order valence-corrected chi connectivity index (χ4v) is 2.40. The van der Waals surface area contributed by atoms with Crippen LogP contribution in [0.4, 0.5) is 5.69 Å². The smallest absolute Gasteiger partial charge is 0.268 e. The van der Waals surface area contributed by atoms with Gasteiger partial charge in [-0.2, -0.15) is 5.06 Å². The molecule has 0 fully saturated rings. The number of fused-ring (bicyclic) bond motifs is 1. The second-order valence-corrected chi connectivity index (χ2v) is 4.64. The summed E-state index contributed by atoms with van der Waals surface area (Å²) in [4.78, 5) is 16.4. The first-order chi connectivity index (χ1) is 8.00. The van der Waals surface area contributed by atoms with E-state index in [-0.39, 0.29) is 4.92 Å². The van der Waals surface area contributed by atoms with Crippen LogP contribution < -0.4 is 5.06 Å². The summed E-state index contributed by atoms with van der Waals surface area (Å²) in [5.74, 6) is 0. The van der Waals surface area contributed by atoms with E-state index in [2.05, 4.69) is 0 Å². The lowest BCUT2D eigenvalue weighted by molar-refractivity contribution is -0.539. The van der Waals surface area contributed by atoms with E-state index in [0.717, 1.165) is 11.3 Å². The highest BCUT2D eigenvalue weighted by atomic mass is 16.7. The maximum absolute atomic E-state index is 11.3. The Balaban J connectivity index is 2.54. The predicted molar refractivity (Wildman–Crippen MR) is 64.4 cm³/mol. The number of hydrogen-bond acceptors (Lipinski definition) is 4. The highest BCUT2D eigenvalue weighted by Crippen LogP contribution is 2.45. The van der Waals surface area contributed by atoms with Gasteiger partial charge in [0.15, 0.2) is 0 Å². The summed E-state index contributed by atoms with van der Waals surface area (Å²) in [6.07, 6.45) is -0.875. The predicted octanol–water partition coefficient (Wildman–Crippen LogP) is 2.34. The molecule has 0 saturated heterocycles. The van der Waals surface area contributed by atoms with E-state index in [0.29, 0.717) is 6.61 Å². The first-order valence-corrected chi connectivity index (χ1v) is 5.65. The van der Waals surface area contributed by atoms with E-state index in [1.165, 1.54) is 5.06 Å². The van der Waals surface area contributed by atoms with Gasteiger partial charge in [0, 0.05) is 4.92 Å². The van der Waals surface area contributed by atoms with Gasteiger partial charge in [0.05, 0.1) is 17.7 Å². The van der Waals surface area contributed by atoms with Gasteiger partial charge in [-0.1, -0.05) is 18.2 Å². The molecule has 92 valence electrons.